The van der Waals surface area contributed by atoms with Gasteiger partial charge in [0.25, 0.3) is 0 Å². The fourth-order valence-corrected chi connectivity index (χ4v) is 5.81. The molecule has 4 aromatic rings. The molecule has 0 bridgehead atoms. The van der Waals surface area contributed by atoms with Crippen LogP contribution in [-0.2, 0) is 4.79 Å². The molecule has 8 nitrogen and oxygen atoms in total. The van der Waals surface area contributed by atoms with Gasteiger partial charge >= 0.3 is 0 Å². The van der Waals surface area contributed by atoms with E-state index in [1.54, 1.807) is 4.52 Å². The molecule has 2 atom stereocenters. The van der Waals surface area contributed by atoms with Gasteiger partial charge < -0.3 is 10.1 Å². The number of anilines is 1. The minimum atomic E-state index is 0.0738. The van der Waals surface area contributed by atoms with E-state index in [9.17, 15) is 4.79 Å². The summed E-state index contributed by atoms with van der Waals surface area (Å²) in [6.45, 7) is 2.23. The highest BCUT2D eigenvalue weighted by molar-refractivity contribution is 7.99. The Bertz CT molecular complexity index is 1310. The lowest BCUT2D eigenvalue weighted by atomic mass is 10.1. The number of amides is 1. The number of hydrogen-bond acceptors (Lipinski definition) is 8. The summed E-state index contributed by atoms with van der Waals surface area (Å²) in [7, 11) is 0. The Morgan fingerprint density at radius 3 is 2.91 bits per heavy atom. The molecule has 2 fully saturated rings. The molecule has 0 aliphatic heterocycles. The average Bonchev–Trinajstić information content (AvgIpc) is 3.30. The van der Waals surface area contributed by atoms with Crippen LogP contribution in [0.1, 0.15) is 39.0 Å². The van der Waals surface area contributed by atoms with Crippen LogP contribution in [0.25, 0.3) is 15.9 Å². The lowest BCUT2D eigenvalue weighted by Gasteiger charge is -2.16. The molecule has 0 unspecified atom stereocenters. The van der Waals surface area contributed by atoms with Crippen LogP contribution in [0, 0.1) is 11.8 Å². The summed E-state index contributed by atoms with van der Waals surface area (Å²) in [5.74, 6) is 1.39. The van der Waals surface area contributed by atoms with Gasteiger partial charge in [-0.2, -0.15) is 4.52 Å². The van der Waals surface area contributed by atoms with E-state index >= 15 is 0 Å². The maximum atomic E-state index is 12.0. The maximum absolute atomic E-state index is 12.0. The van der Waals surface area contributed by atoms with Crippen LogP contribution in [0.15, 0.2) is 40.4 Å². The van der Waals surface area contributed by atoms with Crippen LogP contribution < -0.4 is 10.1 Å². The summed E-state index contributed by atoms with van der Waals surface area (Å²) in [6.07, 6.45) is 5.65. The number of carbonyl (C=O) groups is 1. The van der Waals surface area contributed by atoms with E-state index < -0.39 is 0 Å². The van der Waals surface area contributed by atoms with Crippen molar-refractivity contribution in [3.63, 3.8) is 0 Å². The lowest BCUT2D eigenvalue weighted by Crippen LogP contribution is -2.20. The largest absolute Gasteiger partial charge is 0.473 e. The van der Waals surface area contributed by atoms with E-state index in [1.165, 1.54) is 35.9 Å². The van der Waals surface area contributed by atoms with E-state index in [1.807, 2.05) is 24.3 Å². The van der Waals surface area contributed by atoms with Crippen molar-refractivity contribution in [3.8, 4) is 5.88 Å². The van der Waals surface area contributed by atoms with Crippen molar-refractivity contribution in [2.24, 2.45) is 11.8 Å². The van der Waals surface area contributed by atoms with Crippen LogP contribution in [-0.4, -0.2) is 36.8 Å². The molecule has 10 heteroatoms. The first-order valence-electron chi connectivity index (χ1n) is 10.9. The van der Waals surface area contributed by atoms with Gasteiger partial charge in [-0.25, -0.2) is 4.98 Å². The number of carbonyl (C=O) groups excluding carboxylic acids is 1. The molecule has 6 rings (SSSR count). The van der Waals surface area contributed by atoms with Gasteiger partial charge in [-0.3, -0.25) is 4.79 Å². The van der Waals surface area contributed by atoms with Gasteiger partial charge in [0.1, 0.15) is 6.10 Å². The highest BCUT2D eigenvalue weighted by atomic mass is 32.2. The second-order valence-corrected chi connectivity index (χ2v) is 10.6. The molecular formula is C22H22N6O2S2. The summed E-state index contributed by atoms with van der Waals surface area (Å²) < 4.78 is 8.90. The predicted molar refractivity (Wildman–Crippen MR) is 123 cm³/mol. The second-order valence-electron chi connectivity index (χ2n) is 8.50. The van der Waals surface area contributed by atoms with Crippen LogP contribution in [0.4, 0.5) is 5.13 Å². The maximum Gasteiger partial charge on any atom is 0.232 e. The number of aromatic nitrogens is 5. The van der Waals surface area contributed by atoms with Crippen molar-refractivity contribution in [1.29, 1.82) is 0 Å². The number of fused-ring (bicyclic) bond motifs is 2. The van der Waals surface area contributed by atoms with Crippen molar-refractivity contribution in [2.45, 2.75) is 55.2 Å². The molecule has 3 heterocycles. The number of hydrogen-bond donors (Lipinski definition) is 1. The Labute approximate surface area is 192 Å². The first-order valence-corrected chi connectivity index (χ1v) is 12.5. The average molecular weight is 467 g/mol. The summed E-state index contributed by atoms with van der Waals surface area (Å²) in [5, 5.41) is 17.5. The molecule has 1 aromatic carbocycles. The number of rotatable bonds is 6. The topological polar surface area (TPSA) is 94.3 Å². The minimum absolute atomic E-state index is 0.0738. The molecular weight excluding hydrogens is 444 g/mol. The molecule has 2 aliphatic rings. The van der Waals surface area contributed by atoms with Gasteiger partial charge in [-0.05, 0) is 74.0 Å². The van der Waals surface area contributed by atoms with Gasteiger partial charge in [-0.1, -0.05) is 18.3 Å². The summed E-state index contributed by atoms with van der Waals surface area (Å²) in [5.41, 5.74) is 1.55. The van der Waals surface area contributed by atoms with Crippen LogP contribution in [0.5, 0.6) is 5.88 Å². The molecule has 0 saturated heterocycles. The number of thiazole rings is 1. The van der Waals surface area contributed by atoms with Gasteiger partial charge in [-0.15, -0.1) is 15.3 Å². The van der Waals surface area contributed by atoms with Gasteiger partial charge in [0.05, 0.1) is 10.2 Å². The normalized spacial score (nSPS) is 20.8. The molecule has 1 N–H and O–H groups in total. The number of benzene rings is 1. The Hall–Kier alpha value is -2.72. The number of nitrogens with zero attached hydrogens (tertiary/aromatic N) is 5. The Morgan fingerprint density at radius 2 is 2.09 bits per heavy atom. The zero-order valence-corrected chi connectivity index (χ0v) is 19.2. The van der Waals surface area contributed by atoms with Crippen LogP contribution >= 0.6 is 23.1 Å². The monoisotopic (exact) mass is 466 g/mol. The van der Waals surface area contributed by atoms with E-state index in [2.05, 4.69) is 38.6 Å². The first kappa shape index (κ1) is 19.9. The van der Waals surface area contributed by atoms with Crippen molar-refractivity contribution >= 4 is 50.0 Å². The lowest BCUT2D eigenvalue weighted by molar-refractivity contribution is -0.117. The molecule has 0 spiro atoms. The third kappa shape index (κ3) is 3.93. The van der Waals surface area contributed by atoms with E-state index in [0.29, 0.717) is 27.7 Å². The molecule has 1 amide bonds. The molecule has 164 valence electrons. The first-order chi connectivity index (χ1) is 15.6. The Balaban J connectivity index is 1.23. The number of nitrogens with one attached hydrogen (secondary N) is 1. The Morgan fingerprint density at radius 1 is 1.19 bits per heavy atom. The van der Waals surface area contributed by atoms with Gasteiger partial charge in [0.15, 0.2) is 10.8 Å². The standard InChI is InChI=1S/C22H22N6O2S2/c1-12-3-2-4-16(12)30-19-10-9-18-25-26-22(28(18)27-19)31-14-7-8-15-17(11-14)32-21(23-15)24-20(29)13-5-6-13/h7-13,16H,2-6H2,1H3,(H,23,24,29)/t12-,16-/m0/s1. The minimum Gasteiger partial charge on any atom is -0.473 e. The summed E-state index contributed by atoms with van der Waals surface area (Å²) in [6, 6.07) is 9.78. The molecule has 3 aromatic heterocycles. The highest BCUT2D eigenvalue weighted by Gasteiger charge is 2.30. The van der Waals surface area contributed by atoms with Gasteiger partial charge in [0, 0.05) is 16.9 Å². The third-order valence-electron chi connectivity index (χ3n) is 6.01. The third-order valence-corrected chi connectivity index (χ3v) is 7.87. The highest BCUT2D eigenvalue weighted by Crippen LogP contribution is 2.35. The molecule has 32 heavy (non-hydrogen) atoms. The summed E-state index contributed by atoms with van der Waals surface area (Å²) in [4.78, 5) is 17.6. The predicted octanol–water partition coefficient (Wildman–Crippen LogP) is 4.80. The fraction of sp³-hybridized carbons (Fsp3) is 0.409. The quantitative estimate of drug-likeness (QED) is 0.436. The van der Waals surface area contributed by atoms with Crippen molar-refractivity contribution < 1.29 is 9.53 Å². The van der Waals surface area contributed by atoms with E-state index in [4.69, 9.17) is 4.74 Å². The van der Waals surface area contributed by atoms with Crippen molar-refractivity contribution in [3.05, 3.63) is 30.3 Å². The van der Waals surface area contributed by atoms with E-state index in [-0.39, 0.29) is 17.9 Å². The summed E-state index contributed by atoms with van der Waals surface area (Å²) >= 11 is 2.98. The zero-order valence-electron chi connectivity index (χ0n) is 17.5. The smallest absolute Gasteiger partial charge is 0.232 e. The van der Waals surface area contributed by atoms with Gasteiger partial charge in [0.2, 0.25) is 16.9 Å². The molecule has 2 aliphatic carbocycles. The van der Waals surface area contributed by atoms with Crippen LogP contribution in [0.3, 0.4) is 0 Å². The van der Waals surface area contributed by atoms with E-state index in [0.717, 1.165) is 34.4 Å². The van der Waals surface area contributed by atoms with Crippen molar-refractivity contribution in [2.75, 3.05) is 5.32 Å². The molecule has 2 saturated carbocycles. The fourth-order valence-electron chi connectivity index (χ4n) is 4.00. The molecule has 0 radical (unpaired) electrons. The second kappa shape index (κ2) is 8.00. The zero-order chi connectivity index (χ0) is 21.7. The number of ether oxygens (including phenoxy) is 1. The van der Waals surface area contributed by atoms with Crippen molar-refractivity contribution in [1.82, 2.24) is 24.8 Å². The SMILES string of the molecule is C[C@H]1CCC[C@@H]1Oc1ccc2nnc(Sc3ccc4nc(NC(=O)C5CC5)sc4c3)n2n1. The van der Waals surface area contributed by atoms with Crippen LogP contribution in [0.2, 0.25) is 0 Å². The Kier molecular flexibility index (Phi) is 4.98.